The molecule has 25 heteroatoms. The largest absolute Gasteiger partial charge is 0.394 e. The smallest absolute Gasteiger partial charge is 0.217 e. The number of nitrogens with one attached hydrogen (secondary N) is 2. The highest BCUT2D eigenvalue weighted by Gasteiger charge is 2.55. The highest BCUT2D eigenvalue weighted by molar-refractivity contribution is 5.73. The van der Waals surface area contributed by atoms with Crippen molar-refractivity contribution in [1.82, 2.24) is 10.6 Å². The zero-order valence-corrected chi connectivity index (χ0v) is 29.3. The monoisotopic (exact) mass is 808 g/mol. The van der Waals surface area contributed by atoms with Gasteiger partial charge in [0.1, 0.15) is 97.6 Å². The van der Waals surface area contributed by atoms with Crippen molar-refractivity contribution in [2.75, 3.05) is 39.6 Å². The van der Waals surface area contributed by atoms with E-state index in [9.17, 15) is 76.0 Å². The van der Waals surface area contributed by atoms with Crippen LogP contribution in [0.4, 0.5) is 0 Å². The van der Waals surface area contributed by atoms with Crippen molar-refractivity contribution in [3.05, 3.63) is 0 Å². The van der Waals surface area contributed by atoms with E-state index in [1.165, 1.54) is 0 Å². The predicted octanol–water partition coefficient (Wildman–Crippen LogP) is -10.5. The Morgan fingerprint density at radius 1 is 0.582 bits per heavy atom. The van der Waals surface area contributed by atoms with Crippen molar-refractivity contribution in [2.24, 2.45) is 0 Å². The second-order valence-corrected chi connectivity index (χ2v) is 13.4. The van der Waals surface area contributed by atoms with Crippen LogP contribution in [0.1, 0.15) is 6.92 Å². The molecular weight excluding hydrogens is 756 g/mol. The summed E-state index contributed by atoms with van der Waals surface area (Å²) in [6, 6.07) is -2.56. The fourth-order valence-corrected chi connectivity index (χ4v) is 6.53. The molecule has 55 heavy (non-hydrogen) atoms. The van der Waals surface area contributed by atoms with E-state index >= 15 is 0 Å². The van der Waals surface area contributed by atoms with Crippen molar-refractivity contribution in [1.29, 1.82) is 0 Å². The van der Waals surface area contributed by atoms with E-state index in [1.54, 1.807) is 0 Å². The van der Waals surface area contributed by atoms with Gasteiger partial charge in [0, 0.05) is 6.92 Å². The highest BCUT2D eigenvalue weighted by atomic mass is 16.8. The summed E-state index contributed by atoms with van der Waals surface area (Å²) in [5.74, 6) is -0.771. The summed E-state index contributed by atoms with van der Waals surface area (Å²) in [6.45, 7) is -3.41. The van der Waals surface area contributed by atoms with Gasteiger partial charge in [-0.1, -0.05) is 0 Å². The Kier molecular flexibility index (Phi) is 17.2. The Hall–Kier alpha value is -1.90. The van der Waals surface area contributed by atoms with Gasteiger partial charge in [-0.2, -0.15) is 0 Å². The molecule has 21 atom stereocenters. The summed E-state index contributed by atoms with van der Waals surface area (Å²) in [7, 11) is 0. The van der Waals surface area contributed by atoms with Crippen LogP contribution in [0.25, 0.3) is 0 Å². The Balaban J connectivity index is 1.52. The number of aliphatic hydroxyl groups is 13. The molecule has 4 aliphatic heterocycles. The van der Waals surface area contributed by atoms with Crippen LogP contribution >= 0.6 is 0 Å². The number of rotatable bonds is 17. The average Bonchev–Trinajstić information content (AvgIpc) is 3.17. The Labute approximate surface area is 312 Å². The molecule has 0 aromatic rings. The van der Waals surface area contributed by atoms with Gasteiger partial charge in [0.15, 0.2) is 25.2 Å². The first-order valence-corrected chi connectivity index (χ1v) is 17.3. The maximum atomic E-state index is 12.3. The van der Waals surface area contributed by atoms with Crippen molar-refractivity contribution >= 4 is 12.3 Å². The summed E-state index contributed by atoms with van der Waals surface area (Å²) >= 11 is 0. The molecule has 0 saturated carbocycles. The van der Waals surface area contributed by atoms with Crippen LogP contribution in [0.2, 0.25) is 0 Å². The normalized spacial score (nSPS) is 45.8. The lowest BCUT2D eigenvalue weighted by molar-refractivity contribution is -0.381. The van der Waals surface area contributed by atoms with Crippen molar-refractivity contribution in [3.63, 3.8) is 0 Å². The number of ether oxygens (including phenoxy) is 8. The van der Waals surface area contributed by atoms with Gasteiger partial charge in [0.25, 0.3) is 0 Å². The minimum absolute atomic E-state index is 0.299. The molecule has 4 fully saturated rings. The maximum Gasteiger partial charge on any atom is 0.217 e. The van der Waals surface area contributed by atoms with E-state index in [0.717, 1.165) is 6.92 Å². The molecule has 0 aliphatic carbocycles. The van der Waals surface area contributed by atoms with Gasteiger partial charge in [0.05, 0.1) is 45.7 Å². The second-order valence-electron chi connectivity index (χ2n) is 13.4. The first-order chi connectivity index (χ1) is 26.1. The van der Waals surface area contributed by atoms with E-state index < -0.39 is 168 Å². The molecule has 25 nitrogen and oxygen atoms in total. The van der Waals surface area contributed by atoms with Crippen molar-refractivity contribution in [3.8, 4) is 0 Å². The van der Waals surface area contributed by atoms with Crippen LogP contribution in [-0.4, -0.2) is 247 Å². The molecule has 0 radical (unpaired) electrons. The summed E-state index contributed by atoms with van der Waals surface area (Å²) < 4.78 is 44.8. The minimum Gasteiger partial charge on any atom is -0.394 e. The Morgan fingerprint density at radius 3 is 1.58 bits per heavy atom. The summed E-state index contributed by atoms with van der Waals surface area (Å²) in [5.41, 5.74) is 0. The predicted molar refractivity (Wildman–Crippen MR) is 169 cm³/mol. The summed E-state index contributed by atoms with van der Waals surface area (Å²) in [5, 5.41) is 140. The average molecular weight is 809 g/mol. The number of hydrogen-bond acceptors (Lipinski definition) is 23. The van der Waals surface area contributed by atoms with Crippen molar-refractivity contribution < 1.29 is 114 Å². The van der Waals surface area contributed by atoms with Crippen LogP contribution in [0.15, 0.2) is 0 Å². The third-order valence-electron chi connectivity index (χ3n) is 9.57. The fourth-order valence-electron chi connectivity index (χ4n) is 6.53. The fraction of sp³-hybridized carbons (Fsp3) is 0.933. The topological polar surface area (TPSA) is 395 Å². The van der Waals surface area contributed by atoms with E-state index in [2.05, 4.69) is 10.6 Å². The van der Waals surface area contributed by atoms with Crippen LogP contribution in [-0.2, 0) is 47.5 Å². The third-order valence-corrected chi connectivity index (χ3v) is 9.57. The lowest BCUT2D eigenvalue weighted by atomic mass is 9.94. The van der Waals surface area contributed by atoms with Crippen LogP contribution < -0.4 is 10.6 Å². The number of amides is 2. The van der Waals surface area contributed by atoms with E-state index in [1.807, 2.05) is 0 Å². The van der Waals surface area contributed by atoms with Crippen LogP contribution in [0.3, 0.4) is 0 Å². The van der Waals surface area contributed by atoms with Crippen LogP contribution in [0.5, 0.6) is 0 Å². The first-order valence-electron chi connectivity index (χ1n) is 17.3. The quantitative estimate of drug-likeness (QED) is 0.0607. The number of hydrogen-bond donors (Lipinski definition) is 15. The molecule has 0 unspecified atom stereocenters. The maximum absolute atomic E-state index is 12.3. The van der Waals surface area contributed by atoms with E-state index in [0.29, 0.717) is 6.41 Å². The van der Waals surface area contributed by atoms with Crippen molar-refractivity contribution in [2.45, 2.75) is 136 Å². The number of carbonyl (C=O) groups is 2. The minimum atomic E-state index is -2.07. The lowest BCUT2D eigenvalue weighted by Crippen LogP contribution is -2.69. The summed E-state index contributed by atoms with van der Waals surface area (Å²) in [6.07, 6.45) is -33.4. The zero-order chi connectivity index (χ0) is 40.7. The van der Waals surface area contributed by atoms with E-state index in [4.69, 9.17) is 37.9 Å². The third kappa shape index (κ3) is 10.4. The number of carbonyl (C=O) groups excluding carboxylic acids is 2. The van der Waals surface area contributed by atoms with Gasteiger partial charge in [-0.3, -0.25) is 9.59 Å². The van der Waals surface area contributed by atoms with Gasteiger partial charge in [-0.25, -0.2) is 0 Å². The molecule has 4 heterocycles. The number of aliphatic hydroxyl groups excluding tert-OH is 13. The molecule has 0 aromatic heterocycles. The first kappa shape index (κ1) is 45.8. The van der Waals surface area contributed by atoms with Gasteiger partial charge in [-0.15, -0.1) is 0 Å². The second kappa shape index (κ2) is 20.7. The molecule has 4 rings (SSSR count). The molecule has 0 bridgehead atoms. The highest BCUT2D eigenvalue weighted by Crippen LogP contribution is 2.34. The molecule has 320 valence electrons. The molecule has 4 aliphatic rings. The Bertz CT molecular complexity index is 1190. The molecule has 2 amide bonds. The Morgan fingerprint density at radius 2 is 1.05 bits per heavy atom. The van der Waals surface area contributed by atoms with Gasteiger partial charge in [-0.05, 0) is 0 Å². The SMILES string of the molecule is CC(=O)N[C@H]1[C@H](O[C@H]2[C@@H](O)[C@@H](CO)O[C@@H](O[C@H]3[C@H](O)[C@@H](O)[C@H](OC[C@@H](CO)NC=O)O[C@@H]3CO)[C@@H]2O)O[C@H](CO)[C@H](O[C@@H]2O[C@H](CO)[C@H](O)[C@H](O)[C@H]2O)[C@@H]1O. The molecule has 15 N–H and O–H groups in total. The molecule has 4 saturated heterocycles. The van der Waals surface area contributed by atoms with Crippen LogP contribution in [0, 0.1) is 0 Å². The van der Waals surface area contributed by atoms with Gasteiger partial charge >= 0.3 is 0 Å². The zero-order valence-electron chi connectivity index (χ0n) is 29.3. The lowest BCUT2D eigenvalue weighted by Gasteiger charge is -2.50. The standard InChI is InChI=1S/C30H52N2O23/c1-9(39)32-15-18(42)24(53-29-21(45)19(43)16(40)11(3-34)49-29)13(5-36)51-27(15)55-26-17(41)12(4-35)50-30(23(26)47)54-25-14(6-37)52-28(22(46)20(25)44)48-7-10(2-33)31-8-38/h8,10-30,33-37,40-47H,2-7H2,1H3,(H,31,38)(H,32,39)/t10-,11-,12-,13-,14-,15-,16+,17+,18-,19+,20-,21-,22-,23-,24+,25-,26+,27+,28-,29+,30+/m1/s1. The molecule has 0 spiro atoms. The van der Waals surface area contributed by atoms with Gasteiger partial charge < -0.3 is 115 Å². The van der Waals surface area contributed by atoms with Gasteiger partial charge in [0.2, 0.25) is 12.3 Å². The van der Waals surface area contributed by atoms with E-state index in [-0.39, 0.29) is 6.61 Å². The molecular formula is C30H52N2O23. The summed E-state index contributed by atoms with van der Waals surface area (Å²) in [4.78, 5) is 23.0. The molecule has 0 aromatic carbocycles.